The Balaban J connectivity index is 1.27. The zero-order valence-electron chi connectivity index (χ0n) is 30.8. The van der Waals surface area contributed by atoms with Crippen LogP contribution < -0.4 is 20.7 Å². The number of hydrogen-bond acceptors (Lipinski definition) is 4. The van der Waals surface area contributed by atoms with Crippen LogP contribution in [0.4, 0.5) is 0 Å². The summed E-state index contributed by atoms with van der Waals surface area (Å²) in [6.07, 6.45) is 0. The highest BCUT2D eigenvalue weighted by molar-refractivity contribution is 7.20. The van der Waals surface area contributed by atoms with E-state index in [-0.39, 0.29) is 0 Å². The second-order valence-corrected chi connectivity index (χ2v) is 18.1. The Kier molecular flexibility index (Phi) is 7.76. The predicted molar refractivity (Wildman–Crippen MR) is 236 cm³/mol. The third-order valence-electron chi connectivity index (χ3n) is 11.2. The first-order valence-corrected chi connectivity index (χ1v) is 21.2. The molecule has 268 valence electrons. The van der Waals surface area contributed by atoms with Crippen LogP contribution in [0.3, 0.4) is 0 Å². The van der Waals surface area contributed by atoms with Gasteiger partial charge in [-0.25, -0.2) is 4.98 Å². The number of fused-ring (bicyclic) bond motifs is 6. The van der Waals surface area contributed by atoms with Crippen LogP contribution in [0.5, 0.6) is 0 Å². The van der Waals surface area contributed by atoms with Crippen molar-refractivity contribution >= 4 is 72.6 Å². The summed E-state index contributed by atoms with van der Waals surface area (Å²) >= 11 is 0. The zero-order valence-corrected chi connectivity index (χ0v) is 31.8. The third-order valence-corrected chi connectivity index (χ3v) is 16.0. The molecule has 0 saturated carbocycles. The molecule has 0 spiro atoms. The van der Waals surface area contributed by atoms with Gasteiger partial charge in [0.2, 0.25) is 5.95 Å². The van der Waals surface area contributed by atoms with Gasteiger partial charge in [-0.3, -0.25) is 4.57 Å². The maximum Gasteiger partial charge on any atom is 0.238 e. The molecule has 0 aliphatic carbocycles. The van der Waals surface area contributed by atoms with Gasteiger partial charge in [-0.05, 0) is 45.0 Å². The van der Waals surface area contributed by atoms with E-state index in [4.69, 9.17) is 19.4 Å². The number of para-hydroxylation sites is 2. The fourth-order valence-corrected chi connectivity index (χ4v) is 13.7. The smallest absolute Gasteiger partial charge is 0.238 e. The van der Waals surface area contributed by atoms with Crippen molar-refractivity contribution in [3.8, 4) is 28.7 Å². The van der Waals surface area contributed by atoms with Gasteiger partial charge >= 0.3 is 0 Å². The number of benzene rings is 8. The van der Waals surface area contributed by atoms with E-state index >= 15 is 0 Å². The Labute approximate surface area is 330 Å². The van der Waals surface area contributed by atoms with E-state index in [1.54, 1.807) is 0 Å². The van der Waals surface area contributed by atoms with Crippen LogP contribution in [0.15, 0.2) is 211 Å². The van der Waals surface area contributed by atoms with Crippen LogP contribution >= 0.6 is 0 Å². The van der Waals surface area contributed by atoms with Crippen LogP contribution in [0.1, 0.15) is 0 Å². The summed E-state index contributed by atoms with van der Waals surface area (Å²) in [5, 5.41) is 9.64. The predicted octanol–water partition coefficient (Wildman–Crippen LogP) is 9.58. The average molecular weight is 747 g/mol. The molecule has 3 aromatic heterocycles. The van der Waals surface area contributed by atoms with E-state index in [9.17, 15) is 0 Å². The minimum Gasteiger partial charge on any atom is -0.456 e. The first-order valence-electron chi connectivity index (χ1n) is 19.2. The normalized spacial score (nSPS) is 11.9. The van der Waals surface area contributed by atoms with Crippen molar-refractivity contribution in [1.29, 1.82) is 0 Å². The van der Waals surface area contributed by atoms with Crippen LogP contribution in [-0.2, 0) is 0 Å². The second-order valence-electron chi connectivity index (χ2n) is 14.4. The van der Waals surface area contributed by atoms with Crippen molar-refractivity contribution in [2.75, 3.05) is 0 Å². The number of aromatic nitrogens is 4. The largest absolute Gasteiger partial charge is 0.456 e. The number of rotatable bonds is 7. The molecule has 11 aromatic rings. The molecule has 3 heterocycles. The van der Waals surface area contributed by atoms with Crippen molar-refractivity contribution in [2.45, 2.75) is 0 Å². The van der Waals surface area contributed by atoms with Gasteiger partial charge in [0.1, 0.15) is 11.2 Å². The van der Waals surface area contributed by atoms with Gasteiger partial charge in [0.25, 0.3) is 0 Å². The van der Waals surface area contributed by atoms with E-state index in [0.29, 0.717) is 17.6 Å². The summed E-state index contributed by atoms with van der Waals surface area (Å²) in [5.41, 5.74) is 5.70. The molecule has 0 aliphatic heterocycles. The Morgan fingerprint density at radius 2 is 0.912 bits per heavy atom. The third kappa shape index (κ3) is 5.26. The molecular weight excluding hydrogens is 713 g/mol. The first kappa shape index (κ1) is 33.0. The molecule has 5 nitrogen and oxygen atoms in total. The molecule has 0 radical (unpaired) electrons. The van der Waals surface area contributed by atoms with E-state index < -0.39 is 8.07 Å². The summed E-state index contributed by atoms with van der Waals surface area (Å²) in [4.78, 5) is 15.5. The summed E-state index contributed by atoms with van der Waals surface area (Å²) in [5.74, 6) is 1.82. The summed E-state index contributed by atoms with van der Waals surface area (Å²) in [6, 6.07) is 73.1. The molecule has 8 aromatic carbocycles. The summed E-state index contributed by atoms with van der Waals surface area (Å²) in [6.45, 7) is 0. The summed E-state index contributed by atoms with van der Waals surface area (Å²) in [7, 11) is -3.09. The minimum atomic E-state index is -3.09. The van der Waals surface area contributed by atoms with Crippen LogP contribution in [0, 0.1) is 0 Å². The standard InChI is InChI=1S/C51H34N4OSi/c1-5-18-35(19-6-1)49-52-50(36-20-7-2-8-21-36)54-51(53-49)55-43-28-15-13-26-40(43)41-33-32-39(34-44(41)55)57(37-22-9-3-10-23-37,38-24-11-4-12-25-38)47-31-17-30-46-48(47)42-27-14-16-29-45(42)56-46/h1-34H. The lowest BCUT2D eigenvalue weighted by Gasteiger charge is -2.35. The van der Waals surface area contributed by atoms with E-state index in [0.717, 1.165) is 54.9 Å². The van der Waals surface area contributed by atoms with E-state index in [1.165, 1.54) is 20.7 Å². The average Bonchev–Trinajstić information content (AvgIpc) is 3.84. The highest BCUT2D eigenvalue weighted by atomic mass is 28.3. The van der Waals surface area contributed by atoms with Gasteiger partial charge in [0, 0.05) is 32.7 Å². The van der Waals surface area contributed by atoms with Gasteiger partial charge in [-0.2, -0.15) is 9.97 Å². The zero-order chi connectivity index (χ0) is 37.8. The molecule has 0 aliphatic rings. The van der Waals surface area contributed by atoms with Crippen LogP contribution in [0.25, 0.3) is 72.5 Å². The molecule has 0 N–H and O–H groups in total. The second kappa shape index (κ2) is 13.4. The lowest BCUT2D eigenvalue weighted by atomic mass is 10.1. The van der Waals surface area contributed by atoms with Gasteiger partial charge in [0.15, 0.2) is 19.7 Å². The summed E-state index contributed by atoms with van der Waals surface area (Å²) < 4.78 is 8.81. The quantitative estimate of drug-likeness (QED) is 0.121. The fourth-order valence-electron chi connectivity index (χ4n) is 8.75. The molecule has 6 heteroatoms. The Morgan fingerprint density at radius 1 is 0.386 bits per heavy atom. The van der Waals surface area contributed by atoms with Crippen molar-refractivity contribution in [2.24, 2.45) is 0 Å². The molecule has 0 bridgehead atoms. The van der Waals surface area contributed by atoms with Gasteiger partial charge in [-0.15, -0.1) is 0 Å². The Bertz CT molecular complexity index is 3140. The minimum absolute atomic E-state index is 0.570. The lowest BCUT2D eigenvalue weighted by Crippen LogP contribution is -2.74. The molecule has 0 amide bonds. The van der Waals surface area contributed by atoms with Crippen molar-refractivity contribution in [1.82, 2.24) is 19.5 Å². The lowest BCUT2D eigenvalue weighted by molar-refractivity contribution is 0.669. The first-order chi connectivity index (χ1) is 28.3. The Hall–Kier alpha value is -7.41. The highest BCUT2D eigenvalue weighted by Crippen LogP contribution is 2.34. The van der Waals surface area contributed by atoms with Crippen molar-refractivity contribution in [3.63, 3.8) is 0 Å². The number of hydrogen-bond donors (Lipinski definition) is 0. The number of furan rings is 1. The van der Waals surface area contributed by atoms with Gasteiger partial charge < -0.3 is 4.42 Å². The maximum atomic E-state index is 6.57. The number of nitrogens with zero attached hydrogens (tertiary/aromatic N) is 4. The Morgan fingerprint density at radius 3 is 1.56 bits per heavy atom. The van der Waals surface area contributed by atoms with Crippen molar-refractivity contribution < 1.29 is 4.42 Å². The van der Waals surface area contributed by atoms with Crippen molar-refractivity contribution in [3.05, 3.63) is 206 Å². The maximum absolute atomic E-state index is 6.57. The fraction of sp³-hybridized carbons (Fsp3) is 0. The highest BCUT2D eigenvalue weighted by Gasteiger charge is 2.43. The van der Waals surface area contributed by atoms with E-state index in [2.05, 4.69) is 168 Å². The SMILES string of the molecule is c1ccc(-c2nc(-c3ccccc3)nc(-n3c4ccccc4c4ccc([Si](c5ccccc5)(c5ccccc5)c5cccc6oc7ccccc7c56)cc43)n2)cc1. The van der Waals surface area contributed by atoms with Gasteiger partial charge in [-0.1, -0.05) is 182 Å². The van der Waals surface area contributed by atoms with Gasteiger partial charge in [0.05, 0.1) is 11.0 Å². The van der Waals surface area contributed by atoms with E-state index in [1.807, 2.05) is 42.5 Å². The molecule has 0 saturated heterocycles. The molecule has 0 atom stereocenters. The van der Waals surface area contributed by atoms with Crippen LogP contribution in [-0.4, -0.2) is 27.6 Å². The topological polar surface area (TPSA) is 56.7 Å². The molecule has 11 rings (SSSR count). The van der Waals surface area contributed by atoms with Crippen LogP contribution in [0.2, 0.25) is 0 Å². The molecular formula is C51H34N4OSi. The molecule has 0 unspecified atom stereocenters. The molecule has 57 heavy (non-hydrogen) atoms. The molecule has 0 fully saturated rings. The monoisotopic (exact) mass is 746 g/mol.